The number of aliphatic hydroxyl groups is 1. The van der Waals surface area contributed by atoms with Crippen LogP contribution in [0.4, 0.5) is 0 Å². The van der Waals surface area contributed by atoms with Crippen LogP contribution in [0.5, 0.6) is 0 Å². The fourth-order valence-corrected chi connectivity index (χ4v) is 2.67. The van der Waals surface area contributed by atoms with Crippen molar-refractivity contribution in [3.05, 3.63) is 33.8 Å². The summed E-state index contributed by atoms with van der Waals surface area (Å²) in [6.45, 7) is 5.19. The van der Waals surface area contributed by atoms with Crippen molar-refractivity contribution in [2.75, 3.05) is 32.8 Å². The lowest BCUT2D eigenvalue weighted by atomic mass is 10.0. The van der Waals surface area contributed by atoms with Crippen molar-refractivity contribution in [3.63, 3.8) is 0 Å². The molecule has 1 aromatic carbocycles. The molecule has 0 atom stereocenters. The molecule has 1 N–H and O–H groups in total. The maximum atomic E-state index is 12.5. The zero-order valence-corrected chi connectivity index (χ0v) is 13.0. The molecule has 21 heavy (non-hydrogen) atoms. The SMILES string of the molecule is Cc1cc(Cl)c(C(=O)N2CCN(C(=O)CO)CC2)cc1C. The van der Waals surface area contributed by atoms with Gasteiger partial charge >= 0.3 is 0 Å². The fraction of sp³-hybridized carbons (Fsp3) is 0.467. The molecule has 0 saturated carbocycles. The van der Waals surface area contributed by atoms with E-state index < -0.39 is 6.61 Å². The molecular formula is C15H19ClN2O3. The Hall–Kier alpha value is -1.59. The summed E-state index contributed by atoms with van der Waals surface area (Å²) >= 11 is 6.17. The van der Waals surface area contributed by atoms with Gasteiger partial charge in [0.15, 0.2) is 0 Å². The van der Waals surface area contributed by atoms with Gasteiger partial charge in [-0.15, -0.1) is 0 Å². The number of carbonyl (C=O) groups excluding carboxylic acids is 2. The van der Waals surface area contributed by atoms with E-state index in [-0.39, 0.29) is 11.8 Å². The van der Waals surface area contributed by atoms with Crippen molar-refractivity contribution in [3.8, 4) is 0 Å². The quantitative estimate of drug-likeness (QED) is 0.894. The summed E-state index contributed by atoms with van der Waals surface area (Å²) in [6, 6.07) is 3.61. The number of hydrogen-bond donors (Lipinski definition) is 1. The summed E-state index contributed by atoms with van der Waals surface area (Å²) < 4.78 is 0. The van der Waals surface area contributed by atoms with Crippen LogP contribution in [-0.2, 0) is 4.79 Å². The number of halogens is 1. The van der Waals surface area contributed by atoms with E-state index in [9.17, 15) is 9.59 Å². The Morgan fingerprint density at radius 3 is 2.19 bits per heavy atom. The highest BCUT2D eigenvalue weighted by Gasteiger charge is 2.25. The zero-order valence-electron chi connectivity index (χ0n) is 12.2. The first-order valence-electron chi connectivity index (χ1n) is 6.88. The Bertz CT molecular complexity index is 566. The van der Waals surface area contributed by atoms with Crippen molar-refractivity contribution >= 4 is 23.4 Å². The van der Waals surface area contributed by atoms with E-state index >= 15 is 0 Å². The molecule has 1 fully saturated rings. The molecule has 0 aromatic heterocycles. The summed E-state index contributed by atoms with van der Waals surface area (Å²) in [7, 11) is 0. The summed E-state index contributed by atoms with van der Waals surface area (Å²) in [4.78, 5) is 27.2. The van der Waals surface area contributed by atoms with Gasteiger partial charge in [0.05, 0.1) is 10.6 Å². The Kier molecular flexibility index (Phi) is 4.85. The third-order valence-corrected chi connectivity index (χ3v) is 4.18. The van der Waals surface area contributed by atoms with Crippen molar-refractivity contribution in [2.45, 2.75) is 13.8 Å². The molecule has 1 heterocycles. The molecule has 0 aliphatic carbocycles. The smallest absolute Gasteiger partial charge is 0.255 e. The van der Waals surface area contributed by atoms with Crippen LogP contribution in [0, 0.1) is 13.8 Å². The molecular weight excluding hydrogens is 292 g/mol. The number of rotatable bonds is 2. The van der Waals surface area contributed by atoms with Crippen LogP contribution in [0.3, 0.4) is 0 Å². The maximum absolute atomic E-state index is 12.5. The lowest BCUT2D eigenvalue weighted by molar-refractivity contribution is -0.135. The molecule has 0 spiro atoms. The molecule has 0 bridgehead atoms. The van der Waals surface area contributed by atoms with Crippen LogP contribution in [0.1, 0.15) is 21.5 Å². The third-order valence-electron chi connectivity index (χ3n) is 3.87. The normalized spacial score (nSPS) is 15.2. The number of aryl methyl sites for hydroxylation is 2. The molecule has 0 unspecified atom stereocenters. The molecule has 114 valence electrons. The van der Waals surface area contributed by atoms with E-state index in [4.69, 9.17) is 16.7 Å². The van der Waals surface area contributed by atoms with Gasteiger partial charge in [-0.2, -0.15) is 0 Å². The molecule has 1 aliphatic heterocycles. The van der Waals surface area contributed by atoms with Gasteiger partial charge < -0.3 is 14.9 Å². The number of amides is 2. The molecule has 2 rings (SSSR count). The average molecular weight is 311 g/mol. The van der Waals surface area contributed by atoms with E-state index in [2.05, 4.69) is 0 Å². The highest BCUT2D eigenvalue weighted by atomic mass is 35.5. The van der Waals surface area contributed by atoms with Crippen molar-refractivity contribution in [1.29, 1.82) is 0 Å². The van der Waals surface area contributed by atoms with E-state index in [1.807, 2.05) is 19.9 Å². The minimum absolute atomic E-state index is 0.112. The lowest BCUT2D eigenvalue weighted by Crippen LogP contribution is -2.51. The Labute approximate surface area is 129 Å². The second-order valence-electron chi connectivity index (χ2n) is 5.25. The summed E-state index contributed by atoms with van der Waals surface area (Å²) in [5.74, 6) is -0.412. The van der Waals surface area contributed by atoms with Crippen LogP contribution >= 0.6 is 11.6 Å². The second-order valence-corrected chi connectivity index (χ2v) is 5.65. The van der Waals surface area contributed by atoms with Gasteiger partial charge in [0.1, 0.15) is 6.61 Å². The fourth-order valence-electron chi connectivity index (χ4n) is 2.37. The molecule has 0 radical (unpaired) electrons. The number of piperazine rings is 1. The number of nitrogens with zero attached hydrogens (tertiary/aromatic N) is 2. The average Bonchev–Trinajstić information content (AvgIpc) is 2.49. The van der Waals surface area contributed by atoms with Gasteiger partial charge in [-0.05, 0) is 37.1 Å². The number of aliphatic hydroxyl groups excluding tert-OH is 1. The Morgan fingerprint density at radius 2 is 1.62 bits per heavy atom. The van der Waals surface area contributed by atoms with E-state index in [0.717, 1.165) is 11.1 Å². The minimum atomic E-state index is -0.489. The largest absolute Gasteiger partial charge is 0.387 e. The summed E-state index contributed by atoms with van der Waals surface area (Å²) in [5.41, 5.74) is 2.58. The van der Waals surface area contributed by atoms with Gasteiger partial charge in [0, 0.05) is 26.2 Å². The summed E-state index contributed by atoms with van der Waals surface area (Å²) in [5, 5.41) is 9.30. The first-order valence-corrected chi connectivity index (χ1v) is 7.26. The first kappa shape index (κ1) is 15.8. The molecule has 6 heteroatoms. The molecule has 5 nitrogen and oxygen atoms in total. The molecule has 1 aromatic rings. The first-order chi connectivity index (χ1) is 9.93. The lowest BCUT2D eigenvalue weighted by Gasteiger charge is -2.34. The van der Waals surface area contributed by atoms with Crippen LogP contribution in [0.15, 0.2) is 12.1 Å². The van der Waals surface area contributed by atoms with Crippen LogP contribution < -0.4 is 0 Å². The maximum Gasteiger partial charge on any atom is 0.255 e. The Balaban J connectivity index is 2.09. The van der Waals surface area contributed by atoms with Crippen molar-refractivity contribution in [2.24, 2.45) is 0 Å². The van der Waals surface area contributed by atoms with Crippen LogP contribution in [0.25, 0.3) is 0 Å². The van der Waals surface area contributed by atoms with Gasteiger partial charge in [-0.1, -0.05) is 11.6 Å². The predicted molar refractivity (Wildman–Crippen MR) is 80.5 cm³/mol. The van der Waals surface area contributed by atoms with Gasteiger partial charge in [-0.3, -0.25) is 9.59 Å². The minimum Gasteiger partial charge on any atom is -0.387 e. The molecule has 1 saturated heterocycles. The highest BCUT2D eigenvalue weighted by Crippen LogP contribution is 2.23. The van der Waals surface area contributed by atoms with Gasteiger partial charge in [0.25, 0.3) is 5.91 Å². The van der Waals surface area contributed by atoms with Crippen molar-refractivity contribution < 1.29 is 14.7 Å². The van der Waals surface area contributed by atoms with E-state index in [1.165, 1.54) is 0 Å². The second kappa shape index (κ2) is 6.45. The summed E-state index contributed by atoms with van der Waals surface area (Å²) in [6.07, 6.45) is 0. The highest BCUT2D eigenvalue weighted by molar-refractivity contribution is 6.34. The number of benzene rings is 1. The van der Waals surface area contributed by atoms with Gasteiger partial charge in [0.2, 0.25) is 5.91 Å². The third kappa shape index (κ3) is 3.36. The van der Waals surface area contributed by atoms with E-state index in [0.29, 0.717) is 36.8 Å². The zero-order chi connectivity index (χ0) is 15.6. The van der Waals surface area contributed by atoms with Gasteiger partial charge in [-0.25, -0.2) is 0 Å². The standard InChI is InChI=1S/C15H19ClN2O3/c1-10-7-12(13(16)8-11(10)2)15(21)18-5-3-17(4-6-18)14(20)9-19/h7-8,19H,3-6,9H2,1-2H3. The van der Waals surface area contributed by atoms with Crippen LogP contribution in [-0.4, -0.2) is 59.5 Å². The number of hydrogen-bond acceptors (Lipinski definition) is 3. The monoisotopic (exact) mass is 310 g/mol. The van der Waals surface area contributed by atoms with E-state index in [1.54, 1.807) is 15.9 Å². The predicted octanol–water partition coefficient (Wildman–Crippen LogP) is 1.23. The molecule has 2 amide bonds. The van der Waals surface area contributed by atoms with Crippen molar-refractivity contribution in [1.82, 2.24) is 9.80 Å². The molecule has 1 aliphatic rings. The van der Waals surface area contributed by atoms with Crippen LogP contribution in [0.2, 0.25) is 5.02 Å². The topological polar surface area (TPSA) is 60.9 Å². The number of carbonyl (C=O) groups is 2. The Morgan fingerprint density at radius 1 is 1.10 bits per heavy atom.